The fourth-order valence-electron chi connectivity index (χ4n) is 2.16. The zero-order valence-corrected chi connectivity index (χ0v) is 11.8. The fourth-order valence-corrected chi connectivity index (χ4v) is 2.16. The minimum atomic E-state index is -0.551. The quantitative estimate of drug-likeness (QED) is 0.451. The first-order valence-electron chi connectivity index (χ1n) is 6.66. The highest BCUT2D eigenvalue weighted by Crippen LogP contribution is 2.23. The lowest BCUT2D eigenvalue weighted by atomic mass is 10.1. The Morgan fingerprint density at radius 1 is 1.13 bits per heavy atom. The van der Waals surface area contributed by atoms with E-state index in [-0.39, 0.29) is 23.6 Å². The maximum absolute atomic E-state index is 11.6. The lowest BCUT2D eigenvalue weighted by molar-refractivity contribution is -0.384. The van der Waals surface area contributed by atoms with Crippen molar-refractivity contribution in [2.75, 3.05) is 0 Å². The normalized spacial score (nSPS) is 10.6. The summed E-state index contributed by atoms with van der Waals surface area (Å²) in [6.45, 7) is 0.0880. The van der Waals surface area contributed by atoms with Gasteiger partial charge >= 0.3 is 5.63 Å². The van der Waals surface area contributed by atoms with E-state index >= 15 is 0 Å². The van der Waals surface area contributed by atoms with Gasteiger partial charge < -0.3 is 14.3 Å². The minimum absolute atomic E-state index is 0.00547. The number of nitro benzene ring substituents is 1. The topological polar surface area (TPSA) is 103 Å². The molecule has 1 aromatic heterocycles. The molecule has 0 spiro atoms. The fraction of sp³-hybridized carbons (Fsp3) is 0.0625. The van der Waals surface area contributed by atoms with Crippen molar-refractivity contribution in [3.63, 3.8) is 0 Å². The van der Waals surface area contributed by atoms with Crippen molar-refractivity contribution in [2.45, 2.75) is 6.61 Å². The van der Waals surface area contributed by atoms with Gasteiger partial charge in [-0.25, -0.2) is 4.79 Å². The second kappa shape index (κ2) is 5.80. The molecule has 2 aromatic carbocycles. The minimum Gasteiger partial charge on any atom is -0.508 e. The molecule has 0 saturated heterocycles. The van der Waals surface area contributed by atoms with Crippen molar-refractivity contribution in [1.29, 1.82) is 0 Å². The summed E-state index contributed by atoms with van der Waals surface area (Å²) in [6.07, 6.45) is 0. The summed E-state index contributed by atoms with van der Waals surface area (Å²) < 4.78 is 10.6. The predicted octanol–water partition coefficient (Wildman–Crippen LogP) is 2.99. The van der Waals surface area contributed by atoms with E-state index in [1.807, 2.05) is 0 Å². The standard InChI is InChI=1S/C16H11NO6/c18-12-3-6-14-10(7-16(19)23-15(14)8-12)9-22-13-4-1-11(2-5-13)17(20)21/h1-8,18H,9H2. The Bertz CT molecular complexity index is 929. The molecule has 0 radical (unpaired) electrons. The van der Waals surface area contributed by atoms with E-state index in [0.717, 1.165) is 0 Å². The Labute approximate surface area is 129 Å². The van der Waals surface area contributed by atoms with Crippen LogP contribution in [0.1, 0.15) is 5.56 Å². The van der Waals surface area contributed by atoms with Gasteiger partial charge in [-0.05, 0) is 24.3 Å². The van der Waals surface area contributed by atoms with E-state index < -0.39 is 10.5 Å². The Morgan fingerprint density at radius 2 is 1.87 bits per heavy atom. The number of phenolic OH excluding ortho intramolecular Hbond substituents is 1. The van der Waals surface area contributed by atoms with Gasteiger partial charge in [0.1, 0.15) is 23.7 Å². The van der Waals surface area contributed by atoms with E-state index in [1.165, 1.54) is 42.5 Å². The summed E-state index contributed by atoms with van der Waals surface area (Å²) in [5.74, 6) is 0.435. The van der Waals surface area contributed by atoms with Crippen molar-refractivity contribution in [3.05, 3.63) is 74.6 Å². The highest BCUT2D eigenvalue weighted by Gasteiger charge is 2.08. The van der Waals surface area contributed by atoms with Crippen LogP contribution in [0.2, 0.25) is 0 Å². The van der Waals surface area contributed by atoms with Crippen molar-refractivity contribution < 1.29 is 19.2 Å². The first kappa shape index (κ1) is 14.6. The third kappa shape index (κ3) is 3.13. The number of nitrogens with zero attached hydrogens (tertiary/aromatic N) is 1. The summed E-state index contributed by atoms with van der Waals surface area (Å²) in [7, 11) is 0. The molecular weight excluding hydrogens is 302 g/mol. The van der Waals surface area contributed by atoms with Crippen LogP contribution in [0.3, 0.4) is 0 Å². The van der Waals surface area contributed by atoms with Gasteiger partial charge in [0, 0.05) is 35.2 Å². The average Bonchev–Trinajstić information content (AvgIpc) is 2.52. The van der Waals surface area contributed by atoms with E-state index in [9.17, 15) is 20.0 Å². The van der Waals surface area contributed by atoms with Crippen molar-refractivity contribution in [2.24, 2.45) is 0 Å². The summed E-state index contributed by atoms with van der Waals surface area (Å²) in [6, 6.07) is 11.4. The third-order valence-electron chi connectivity index (χ3n) is 3.26. The van der Waals surface area contributed by atoms with Gasteiger partial charge in [0.05, 0.1) is 4.92 Å². The maximum atomic E-state index is 11.6. The summed E-state index contributed by atoms with van der Waals surface area (Å²) in [5, 5.41) is 20.7. The summed E-state index contributed by atoms with van der Waals surface area (Å²) in [4.78, 5) is 21.7. The Kier molecular flexibility index (Phi) is 3.68. The molecule has 0 saturated carbocycles. The van der Waals surface area contributed by atoms with Crippen molar-refractivity contribution in [1.82, 2.24) is 0 Å². The van der Waals surface area contributed by atoms with Crippen LogP contribution in [-0.4, -0.2) is 10.0 Å². The Balaban J connectivity index is 1.86. The molecule has 7 heteroatoms. The molecule has 0 unspecified atom stereocenters. The zero-order valence-electron chi connectivity index (χ0n) is 11.8. The van der Waals surface area contributed by atoms with E-state index in [2.05, 4.69) is 0 Å². The molecule has 0 fully saturated rings. The smallest absolute Gasteiger partial charge is 0.336 e. The van der Waals surface area contributed by atoms with E-state index in [1.54, 1.807) is 6.07 Å². The number of nitro groups is 1. The van der Waals surface area contributed by atoms with Gasteiger partial charge in [0.25, 0.3) is 5.69 Å². The van der Waals surface area contributed by atoms with E-state index in [4.69, 9.17) is 9.15 Å². The van der Waals surface area contributed by atoms with Crippen LogP contribution in [0, 0.1) is 10.1 Å². The van der Waals surface area contributed by atoms with Crippen LogP contribution in [0.4, 0.5) is 5.69 Å². The first-order valence-corrected chi connectivity index (χ1v) is 6.66. The second-order valence-corrected chi connectivity index (χ2v) is 4.81. The number of ether oxygens (including phenoxy) is 1. The van der Waals surface area contributed by atoms with Gasteiger partial charge in [-0.15, -0.1) is 0 Å². The van der Waals surface area contributed by atoms with E-state index in [0.29, 0.717) is 16.7 Å². The molecular formula is C16H11NO6. The van der Waals surface area contributed by atoms with Crippen LogP contribution in [0.5, 0.6) is 11.5 Å². The van der Waals surface area contributed by atoms with Gasteiger partial charge in [0.15, 0.2) is 0 Å². The van der Waals surface area contributed by atoms with Gasteiger partial charge in [0.2, 0.25) is 0 Å². The van der Waals surface area contributed by atoms with Crippen LogP contribution in [0.15, 0.2) is 57.7 Å². The first-order chi connectivity index (χ1) is 11.0. The molecule has 23 heavy (non-hydrogen) atoms. The predicted molar refractivity (Wildman–Crippen MR) is 81.6 cm³/mol. The Hall–Kier alpha value is -3.35. The van der Waals surface area contributed by atoms with Crippen LogP contribution < -0.4 is 10.4 Å². The highest BCUT2D eigenvalue weighted by atomic mass is 16.6. The van der Waals surface area contributed by atoms with Gasteiger partial charge in [-0.1, -0.05) is 0 Å². The van der Waals surface area contributed by atoms with Crippen LogP contribution >= 0.6 is 0 Å². The number of phenols is 1. The summed E-state index contributed by atoms with van der Waals surface area (Å²) in [5.41, 5.74) is 0.276. The number of non-ortho nitro benzene ring substituents is 1. The lowest BCUT2D eigenvalue weighted by Gasteiger charge is -2.08. The third-order valence-corrected chi connectivity index (χ3v) is 3.26. The molecule has 0 atom stereocenters. The molecule has 0 bridgehead atoms. The molecule has 0 aliphatic heterocycles. The molecule has 0 aliphatic rings. The molecule has 3 aromatic rings. The largest absolute Gasteiger partial charge is 0.508 e. The van der Waals surface area contributed by atoms with Crippen molar-refractivity contribution in [3.8, 4) is 11.5 Å². The van der Waals surface area contributed by atoms with Crippen molar-refractivity contribution >= 4 is 16.7 Å². The van der Waals surface area contributed by atoms with Gasteiger partial charge in [-0.3, -0.25) is 10.1 Å². The number of benzene rings is 2. The maximum Gasteiger partial charge on any atom is 0.336 e. The van der Waals surface area contributed by atoms with Crippen LogP contribution in [-0.2, 0) is 6.61 Å². The molecule has 3 rings (SSSR count). The highest BCUT2D eigenvalue weighted by molar-refractivity contribution is 5.81. The molecule has 116 valence electrons. The average molecular weight is 313 g/mol. The zero-order chi connectivity index (χ0) is 16.4. The monoisotopic (exact) mass is 313 g/mol. The SMILES string of the molecule is O=c1cc(COc2ccc([N+](=O)[O-])cc2)c2ccc(O)cc2o1. The number of hydrogen-bond acceptors (Lipinski definition) is 6. The summed E-state index contributed by atoms with van der Waals surface area (Å²) >= 11 is 0. The number of aromatic hydroxyl groups is 1. The van der Waals surface area contributed by atoms with Crippen LogP contribution in [0.25, 0.3) is 11.0 Å². The second-order valence-electron chi connectivity index (χ2n) is 4.81. The molecule has 7 nitrogen and oxygen atoms in total. The lowest BCUT2D eigenvalue weighted by Crippen LogP contribution is -2.04. The molecule has 0 aliphatic carbocycles. The number of fused-ring (bicyclic) bond motifs is 1. The van der Waals surface area contributed by atoms with Gasteiger partial charge in [-0.2, -0.15) is 0 Å². The number of rotatable bonds is 4. The Morgan fingerprint density at radius 3 is 2.57 bits per heavy atom. The molecule has 0 amide bonds. The number of hydrogen-bond donors (Lipinski definition) is 1. The molecule has 1 heterocycles. The molecule has 1 N–H and O–H groups in total.